The van der Waals surface area contributed by atoms with Gasteiger partial charge in [-0.05, 0) is 12.1 Å². The minimum atomic E-state index is -3.51. The predicted molar refractivity (Wildman–Crippen MR) is 79.6 cm³/mol. The van der Waals surface area contributed by atoms with Crippen LogP contribution in [0.2, 0.25) is 0 Å². The summed E-state index contributed by atoms with van der Waals surface area (Å²) in [5.41, 5.74) is 0.371. The molecule has 3 heterocycles. The number of amides is 1. The van der Waals surface area contributed by atoms with Crippen molar-refractivity contribution in [3.05, 3.63) is 24.0 Å². The zero-order valence-corrected chi connectivity index (χ0v) is 13.6. The Balaban J connectivity index is 1.95. The van der Waals surface area contributed by atoms with E-state index < -0.39 is 31.9 Å². The van der Waals surface area contributed by atoms with Gasteiger partial charge in [0.05, 0.1) is 29.8 Å². The number of nitrogens with zero attached hydrogens (tertiary/aromatic N) is 2. The van der Waals surface area contributed by atoms with Crippen LogP contribution >= 0.6 is 0 Å². The third kappa shape index (κ3) is 2.66. The van der Waals surface area contributed by atoms with Gasteiger partial charge in [-0.2, -0.15) is 4.31 Å². The number of aromatic amines is 1. The molecule has 2 aliphatic heterocycles. The molecule has 0 radical (unpaired) electrons. The Morgan fingerprint density at radius 2 is 1.95 bits per heavy atom. The molecular formula is C12H17N3O5S2. The summed E-state index contributed by atoms with van der Waals surface area (Å²) < 4.78 is 48.9. The number of sulfone groups is 1. The number of fused-ring (bicyclic) bond motifs is 1. The van der Waals surface area contributed by atoms with Crippen molar-refractivity contribution in [2.45, 2.75) is 12.1 Å². The third-order valence-electron chi connectivity index (χ3n) is 4.14. The summed E-state index contributed by atoms with van der Waals surface area (Å²) in [4.78, 5) is 16.8. The number of nitrogens with one attached hydrogen (secondary N) is 1. The highest BCUT2D eigenvalue weighted by Crippen LogP contribution is 2.29. The maximum absolute atomic E-state index is 12.5. The smallest absolute Gasteiger partial charge is 0.270 e. The van der Waals surface area contributed by atoms with E-state index in [0.29, 0.717) is 5.69 Å². The first kappa shape index (κ1) is 15.5. The van der Waals surface area contributed by atoms with Crippen LogP contribution in [-0.2, 0) is 19.9 Å². The first-order valence-electron chi connectivity index (χ1n) is 6.81. The molecule has 3 rings (SSSR count). The SMILES string of the molecule is CS(=O)(=O)N1CCN(C(=O)c2ccc[nH]2)[C@@H]2CS(=O)(=O)C[C@@H]21. The maximum Gasteiger partial charge on any atom is 0.270 e. The van der Waals surface area contributed by atoms with Crippen molar-refractivity contribution in [3.8, 4) is 0 Å². The number of carbonyl (C=O) groups excluding carboxylic acids is 1. The fraction of sp³-hybridized carbons (Fsp3) is 0.583. The second-order valence-corrected chi connectivity index (χ2v) is 9.76. The molecule has 0 saturated carbocycles. The molecule has 0 spiro atoms. The predicted octanol–water partition coefficient (Wildman–Crippen LogP) is -1.10. The second kappa shape index (κ2) is 5.07. The molecule has 122 valence electrons. The summed E-state index contributed by atoms with van der Waals surface area (Å²) >= 11 is 0. The van der Waals surface area contributed by atoms with Gasteiger partial charge in [0.15, 0.2) is 9.84 Å². The average Bonchev–Trinajstić information content (AvgIpc) is 3.00. The number of sulfonamides is 1. The van der Waals surface area contributed by atoms with Gasteiger partial charge in [0.25, 0.3) is 5.91 Å². The Hall–Kier alpha value is -1.39. The van der Waals surface area contributed by atoms with Gasteiger partial charge < -0.3 is 9.88 Å². The van der Waals surface area contributed by atoms with Gasteiger partial charge in [-0.15, -0.1) is 0 Å². The van der Waals surface area contributed by atoms with Crippen LogP contribution in [0.5, 0.6) is 0 Å². The molecule has 1 aromatic heterocycles. The molecule has 0 unspecified atom stereocenters. The molecule has 22 heavy (non-hydrogen) atoms. The summed E-state index contributed by atoms with van der Waals surface area (Å²) in [5, 5.41) is 0. The number of hydrogen-bond acceptors (Lipinski definition) is 5. The fourth-order valence-electron chi connectivity index (χ4n) is 3.20. The van der Waals surface area contributed by atoms with E-state index in [1.54, 1.807) is 18.3 Å². The number of carbonyl (C=O) groups is 1. The summed E-state index contributed by atoms with van der Waals surface area (Å²) in [6.07, 6.45) is 2.68. The topological polar surface area (TPSA) is 108 Å². The number of rotatable bonds is 2. The Morgan fingerprint density at radius 1 is 1.27 bits per heavy atom. The zero-order chi connectivity index (χ0) is 16.1. The van der Waals surface area contributed by atoms with E-state index >= 15 is 0 Å². The largest absolute Gasteiger partial charge is 0.357 e. The van der Waals surface area contributed by atoms with E-state index in [2.05, 4.69) is 4.98 Å². The van der Waals surface area contributed by atoms with Gasteiger partial charge >= 0.3 is 0 Å². The summed E-state index contributed by atoms with van der Waals surface area (Å²) in [5.74, 6) is -0.736. The Kier molecular flexibility index (Phi) is 3.57. The molecule has 2 fully saturated rings. The Labute approximate surface area is 129 Å². The minimum Gasteiger partial charge on any atom is -0.357 e. The lowest BCUT2D eigenvalue weighted by atomic mass is 10.1. The van der Waals surface area contributed by atoms with Crippen LogP contribution in [0.3, 0.4) is 0 Å². The molecule has 0 bridgehead atoms. The van der Waals surface area contributed by atoms with E-state index in [4.69, 9.17) is 0 Å². The first-order valence-corrected chi connectivity index (χ1v) is 10.5. The number of hydrogen-bond donors (Lipinski definition) is 1. The van der Waals surface area contributed by atoms with E-state index in [0.717, 1.165) is 6.26 Å². The minimum absolute atomic E-state index is 0.113. The standard InChI is InChI=1S/C12H17N3O5S2/c1-21(17,18)15-6-5-14(12(16)9-3-2-4-13-9)10-7-22(19,20)8-11(10)15/h2-4,10-11,13H,5-8H2,1H3/t10-,11+/m1/s1. The monoisotopic (exact) mass is 347 g/mol. The lowest BCUT2D eigenvalue weighted by Gasteiger charge is -2.42. The second-order valence-electron chi connectivity index (χ2n) is 5.67. The van der Waals surface area contributed by atoms with Crippen LogP contribution < -0.4 is 0 Å². The van der Waals surface area contributed by atoms with Crippen LogP contribution in [-0.4, -0.2) is 79.9 Å². The Morgan fingerprint density at radius 3 is 2.55 bits per heavy atom. The van der Waals surface area contributed by atoms with Gasteiger partial charge in [-0.1, -0.05) is 0 Å². The highest BCUT2D eigenvalue weighted by molar-refractivity contribution is 7.92. The van der Waals surface area contributed by atoms with Crippen molar-refractivity contribution < 1.29 is 21.6 Å². The number of piperazine rings is 1. The molecule has 0 aliphatic carbocycles. The van der Waals surface area contributed by atoms with Crippen LogP contribution in [0.4, 0.5) is 0 Å². The highest BCUT2D eigenvalue weighted by Gasteiger charge is 2.50. The summed E-state index contributed by atoms with van der Waals surface area (Å²) in [6.45, 7) is 0.295. The summed E-state index contributed by atoms with van der Waals surface area (Å²) in [6, 6.07) is 1.96. The van der Waals surface area contributed by atoms with Crippen molar-refractivity contribution in [2.24, 2.45) is 0 Å². The van der Waals surface area contributed by atoms with E-state index in [-0.39, 0.29) is 30.5 Å². The van der Waals surface area contributed by atoms with Crippen LogP contribution in [0.15, 0.2) is 18.3 Å². The van der Waals surface area contributed by atoms with Gasteiger partial charge in [0.1, 0.15) is 5.69 Å². The van der Waals surface area contributed by atoms with Gasteiger partial charge in [-0.25, -0.2) is 16.8 Å². The lowest BCUT2D eigenvalue weighted by molar-refractivity contribution is 0.0511. The van der Waals surface area contributed by atoms with E-state index in [1.807, 2.05) is 0 Å². The average molecular weight is 347 g/mol. The van der Waals surface area contributed by atoms with Crippen molar-refractivity contribution in [3.63, 3.8) is 0 Å². The molecule has 0 aromatic carbocycles. The van der Waals surface area contributed by atoms with Gasteiger partial charge in [0, 0.05) is 19.3 Å². The van der Waals surface area contributed by atoms with Crippen LogP contribution in [0.25, 0.3) is 0 Å². The molecule has 1 N–H and O–H groups in total. The number of aromatic nitrogens is 1. The first-order chi connectivity index (χ1) is 10.2. The fourth-order valence-corrected chi connectivity index (χ4v) is 6.40. The molecule has 2 atom stereocenters. The normalized spacial score (nSPS) is 28.5. The molecule has 10 heteroatoms. The Bertz CT molecular complexity index is 785. The molecule has 8 nitrogen and oxygen atoms in total. The highest BCUT2D eigenvalue weighted by atomic mass is 32.2. The maximum atomic E-state index is 12.5. The molecular weight excluding hydrogens is 330 g/mol. The molecule has 2 aliphatic rings. The van der Waals surface area contributed by atoms with Crippen molar-refractivity contribution in [2.75, 3.05) is 30.9 Å². The van der Waals surface area contributed by atoms with Crippen LogP contribution in [0.1, 0.15) is 10.5 Å². The molecule has 2 saturated heterocycles. The number of H-pyrrole nitrogens is 1. The van der Waals surface area contributed by atoms with E-state index in [1.165, 1.54) is 9.21 Å². The zero-order valence-electron chi connectivity index (χ0n) is 12.0. The van der Waals surface area contributed by atoms with Crippen molar-refractivity contribution in [1.82, 2.24) is 14.2 Å². The summed E-state index contributed by atoms with van der Waals surface area (Å²) in [7, 11) is -6.88. The third-order valence-corrected chi connectivity index (χ3v) is 7.14. The van der Waals surface area contributed by atoms with Crippen molar-refractivity contribution >= 4 is 25.8 Å². The van der Waals surface area contributed by atoms with Crippen LogP contribution in [0, 0.1) is 0 Å². The van der Waals surface area contributed by atoms with Crippen molar-refractivity contribution in [1.29, 1.82) is 0 Å². The molecule has 1 amide bonds. The molecule has 1 aromatic rings. The van der Waals surface area contributed by atoms with E-state index in [9.17, 15) is 21.6 Å². The quantitative estimate of drug-likeness (QED) is 0.730. The lowest BCUT2D eigenvalue weighted by Crippen LogP contribution is -2.61. The van der Waals surface area contributed by atoms with Gasteiger partial charge in [-0.3, -0.25) is 4.79 Å². The van der Waals surface area contributed by atoms with Gasteiger partial charge in [0.2, 0.25) is 10.0 Å².